The number of nitrogens with one attached hydrogen (secondary N) is 1. The van der Waals surface area contributed by atoms with Gasteiger partial charge in [-0.25, -0.2) is 9.98 Å². The maximum absolute atomic E-state index is 5.29. The van der Waals surface area contributed by atoms with Crippen LogP contribution in [0.25, 0.3) is 49.5 Å². The lowest BCUT2D eigenvalue weighted by Crippen LogP contribution is -1.96. The van der Waals surface area contributed by atoms with Crippen LogP contribution in [-0.2, 0) is 0 Å². The molecule has 0 saturated heterocycles. The average molecular weight is 698 g/mol. The van der Waals surface area contributed by atoms with E-state index in [0.717, 1.165) is 44.4 Å². The Hall–Kier alpha value is -5.36. The molecule has 8 rings (SSSR count). The first-order chi connectivity index (χ1) is 24.7. The lowest BCUT2D eigenvalue weighted by atomic mass is 9.93. The summed E-state index contributed by atoms with van der Waals surface area (Å²) in [6.45, 7) is 13.1. The molecule has 0 unspecified atom stereocenters. The highest BCUT2D eigenvalue weighted by Crippen LogP contribution is 2.40. The molecule has 3 aromatic heterocycles. The van der Waals surface area contributed by atoms with Gasteiger partial charge in [0.25, 0.3) is 0 Å². The molecule has 1 N–H and O–H groups in total. The third kappa shape index (κ3) is 6.40. The van der Waals surface area contributed by atoms with Crippen molar-refractivity contribution in [1.29, 1.82) is 0 Å². The van der Waals surface area contributed by atoms with E-state index >= 15 is 0 Å². The van der Waals surface area contributed by atoms with Crippen molar-refractivity contribution in [2.75, 3.05) is 0 Å². The molecule has 4 aromatic carbocycles. The Morgan fingerprint density at radius 2 is 1.04 bits per heavy atom. The molecule has 4 heterocycles. The van der Waals surface area contributed by atoms with Crippen LogP contribution in [0.3, 0.4) is 0 Å². The molecular formula is C46H39N3S2. The molecule has 0 aliphatic carbocycles. The SMILES string of the molecule is Cc1cc(C)c(-c2ccc(C3=N/C(=N\c4[nH]c(-c5ccc(-c6c(C)cc(C)cc6C)cc5)cc4-c4cccs4)C(c4cccs4)=C3)cc2)c(C)c1. The number of aryl methyl sites for hydroxylation is 6. The van der Waals surface area contributed by atoms with Crippen molar-refractivity contribution < 1.29 is 0 Å². The van der Waals surface area contributed by atoms with Crippen molar-refractivity contribution in [3.8, 4) is 44.0 Å². The van der Waals surface area contributed by atoms with Gasteiger partial charge >= 0.3 is 0 Å². The van der Waals surface area contributed by atoms with E-state index in [0.29, 0.717) is 5.84 Å². The Kier molecular flexibility index (Phi) is 8.63. The Morgan fingerprint density at radius 1 is 0.549 bits per heavy atom. The van der Waals surface area contributed by atoms with Gasteiger partial charge in [-0.15, -0.1) is 22.7 Å². The second-order valence-electron chi connectivity index (χ2n) is 13.6. The van der Waals surface area contributed by atoms with Gasteiger partial charge in [0.05, 0.1) is 5.71 Å². The van der Waals surface area contributed by atoms with E-state index in [2.05, 4.69) is 166 Å². The molecule has 3 nitrogen and oxygen atoms in total. The van der Waals surface area contributed by atoms with Crippen LogP contribution in [0.2, 0.25) is 0 Å². The fourth-order valence-corrected chi connectivity index (χ4v) is 9.04. The van der Waals surface area contributed by atoms with E-state index in [9.17, 15) is 0 Å². The summed E-state index contributed by atoms with van der Waals surface area (Å²) in [7, 11) is 0. The van der Waals surface area contributed by atoms with Crippen LogP contribution in [0.4, 0.5) is 5.82 Å². The third-order valence-corrected chi connectivity index (χ3v) is 11.5. The molecule has 51 heavy (non-hydrogen) atoms. The van der Waals surface area contributed by atoms with Gasteiger partial charge in [0.15, 0.2) is 5.84 Å². The van der Waals surface area contributed by atoms with Crippen molar-refractivity contribution in [3.05, 3.63) is 164 Å². The monoisotopic (exact) mass is 697 g/mol. The number of nitrogens with zero attached hydrogens (tertiary/aromatic N) is 2. The van der Waals surface area contributed by atoms with Gasteiger partial charge in [0, 0.05) is 32.1 Å². The van der Waals surface area contributed by atoms with Gasteiger partial charge in [-0.1, -0.05) is 96.1 Å². The molecule has 7 aromatic rings. The average Bonchev–Trinajstić information content (AvgIpc) is 3.93. The molecule has 1 aliphatic rings. The highest BCUT2D eigenvalue weighted by molar-refractivity contribution is 7.13. The molecule has 0 spiro atoms. The molecule has 0 saturated carbocycles. The van der Waals surface area contributed by atoms with Crippen LogP contribution in [0, 0.1) is 41.5 Å². The summed E-state index contributed by atoms with van der Waals surface area (Å²) in [5.74, 6) is 1.53. The van der Waals surface area contributed by atoms with Crippen molar-refractivity contribution in [3.63, 3.8) is 0 Å². The second kappa shape index (κ2) is 13.4. The smallest absolute Gasteiger partial charge is 0.163 e. The first kappa shape index (κ1) is 32.8. The van der Waals surface area contributed by atoms with E-state index in [1.54, 1.807) is 22.7 Å². The Morgan fingerprint density at radius 3 is 1.55 bits per heavy atom. The van der Waals surface area contributed by atoms with Crippen molar-refractivity contribution in [2.45, 2.75) is 41.5 Å². The van der Waals surface area contributed by atoms with Gasteiger partial charge in [0.2, 0.25) is 0 Å². The van der Waals surface area contributed by atoms with Gasteiger partial charge in [-0.3, -0.25) is 0 Å². The number of rotatable bonds is 7. The minimum Gasteiger partial charge on any atom is -0.339 e. The van der Waals surface area contributed by atoms with Crippen LogP contribution < -0.4 is 0 Å². The molecule has 0 fully saturated rings. The van der Waals surface area contributed by atoms with Crippen molar-refractivity contribution >= 4 is 45.6 Å². The Balaban J connectivity index is 1.18. The van der Waals surface area contributed by atoms with E-state index in [1.807, 2.05) is 0 Å². The summed E-state index contributed by atoms with van der Waals surface area (Å²) in [5, 5.41) is 4.23. The van der Waals surface area contributed by atoms with Crippen LogP contribution in [-0.4, -0.2) is 16.5 Å². The fraction of sp³-hybridized carbons (Fsp3) is 0.130. The number of hydrogen-bond donors (Lipinski definition) is 1. The summed E-state index contributed by atoms with van der Waals surface area (Å²) in [4.78, 5) is 16.5. The third-order valence-electron chi connectivity index (χ3n) is 9.64. The summed E-state index contributed by atoms with van der Waals surface area (Å²) >= 11 is 3.43. The summed E-state index contributed by atoms with van der Waals surface area (Å²) < 4.78 is 0. The van der Waals surface area contributed by atoms with Gasteiger partial charge < -0.3 is 4.98 Å². The first-order valence-electron chi connectivity index (χ1n) is 17.3. The lowest BCUT2D eigenvalue weighted by Gasteiger charge is -2.12. The molecule has 0 amide bonds. The van der Waals surface area contributed by atoms with E-state index in [1.165, 1.54) is 60.5 Å². The Labute approximate surface area is 308 Å². The van der Waals surface area contributed by atoms with Gasteiger partial charge in [-0.2, -0.15) is 0 Å². The minimum atomic E-state index is 0.716. The molecule has 5 heteroatoms. The predicted octanol–water partition coefficient (Wildman–Crippen LogP) is 13.3. The number of allylic oxidation sites excluding steroid dienone is 1. The molecule has 0 bridgehead atoms. The fourth-order valence-electron chi connectivity index (χ4n) is 7.56. The van der Waals surface area contributed by atoms with E-state index < -0.39 is 0 Å². The predicted molar refractivity (Wildman–Crippen MR) is 221 cm³/mol. The highest BCUT2D eigenvalue weighted by atomic mass is 32.1. The summed E-state index contributed by atoms with van der Waals surface area (Å²) in [5.41, 5.74) is 19.1. The zero-order valence-electron chi connectivity index (χ0n) is 29.8. The van der Waals surface area contributed by atoms with Gasteiger partial charge in [-0.05, 0) is 127 Å². The number of aliphatic imine (C=N–C) groups is 2. The lowest BCUT2D eigenvalue weighted by molar-refractivity contribution is 1.32. The highest BCUT2D eigenvalue weighted by Gasteiger charge is 2.22. The Bertz CT molecular complexity index is 2440. The molecule has 0 radical (unpaired) electrons. The number of hydrogen-bond acceptors (Lipinski definition) is 3. The number of benzene rings is 4. The zero-order valence-corrected chi connectivity index (χ0v) is 31.4. The standard InChI is InChI=1S/C46H39N3S2/c1-27-21-29(3)43(30(4)22-27)35-15-11-33(12-16-35)39-25-37(41-9-7-19-50-41)45(47-39)49-46-38(42-10-8-20-51-42)26-40(48-46)34-13-17-36(18-14-34)44-31(5)23-28(2)24-32(44)6/h7-26,47H,1-6H3/b49-46-. The maximum Gasteiger partial charge on any atom is 0.163 e. The van der Waals surface area contributed by atoms with Crippen LogP contribution >= 0.6 is 22.7 Å². The van der Waals surface area contributed by atoms with Crippen LogP contribution in [0.1, 0.15) is 43.8 Å². The normalized spacial score (nSPS) is 13.6. The molecular weight excluding hydrogens is 659 g/mol. The summed E-state index contributed by atoms with van der Waals surface area (Å²) in [6, 6.07) is 37.4. The van der Waals surface area contributed by atoms with Crippen LogP contribution in [0.5, 0.6) is 0 Å². The van der Waals surface area contributed by atoms with E-state index in [-0.39, 0.29) is 0 Å². The number of thiophene rings is 2. The number of amidine groups is 1. The largest absolute Gasteiger partial charge is 0.339 e. The zero-order chi connectivity index (χ0) is 35.2. The molecule has 0 atom stereocenters. The topological polar surface area (TPSA) is 40.5 Å². The first-order valence-corrected chi connectivity index (χ1v) is 19.1. The number of aromatic amines is 1. The van der Waals surface area contributed by atoms with Crippen molar-refractivity contribution in [1.82, 2.24) is 4.98 Å². The van der Waals surface area contributed by atoms with Crippen LogP contribution in [0.15, 0.2) is 130 Å². The number of H-pyrrole nitrogens is 1. The van der Waals surface area contributed by atoms with E-state index in [4.69, 9.17) is 9.98 Å². The molecule has 1 aliphatic heterocycles. The number of aromatic nitrogens is 1. The van der Waals surface area contributed by atoms with Gasteiger partial charge in [0.1, 0.15) is 5.82 Å². The second-order valence-corrected chi connectivity index (χ2v) is 15.5. The quantitative estimate of drug-likeness (QED) is 0.172. The molecule has 250 valence electrons. The minimum absolute atomic E-state index is 0.716. The summed E-state index contributed by atoms with van der Waals surface area (Å²) in [6.07, 6.45) is 2.19. The van der Waals surface area contributed by atoms with Crippen molar-refractivity contribution in [2.24, 2.45) is 9.98 Å². The maximum atomic E-state index is 5.29.